The summed E-state index contributed by atoms with van der Waals surface area (Å²) in [5, 5.41) is 3.27. The zero-order valence-corrected chi connectivity index (χ0v) is 13.5. The predicted octanol–water partition coefficient (Wildman–Crippen LogP) is 3.69. The molecular weight excluding hydrogens is 250 g/mol. The van der Waals surface area contributed by atoms with Gasteiger partial charge in [0.05, 0.1) is 5.60 Å². The summed E-state index contributed by atoms with van der Waals surface area (Å²) in [5.41, 5.74) is 0.799. The second-order valence-corrected chi connectivity index (χ2v) is 6.82. The average Bonchev–Trinajstić information content (AvgIpc) is 2.57. The number of ether oxygens (including phenoxy) is 2. The minimum Gasteiger partial charge on any atom is -0.487 e. The summed E-state index contributed by atoms with van der Waals surface area (Å²) in [6.45, 7) is 10.6. The fourth-order valence-corrected chi connectivity index (χ4v) is 2.95. The maximum absolute atomic E-state index is 6.32. The summed E-state index contributed by atoms with van der Waals surface area (Å²) >= 11 is 0. The van der Waals surface area contributed by atoms with Crippen LogP contribution in [0, 0.1) is 0 Å². The van der Waals surface area contributed by atoms with E-state index in [1.165, 1.54) is 5.56 Å². The molecule has 0 aromatic heterocycles. The number of hydrogen-bond acceptors (Lipinski definition) is 3. The number of benzene rings is 1. The molecule has 1 aliphatic heterocycles. The van der Waals surface area contributed by atoms with Gasteiger partial charge in [-0.1, -0.05) is 18.2 Å². The Morgan fingerprint density at radius 3 is 2.45 bits per heavy atom. The van der Waals surface area contributed by atoms with Crippen molar-refractivity contribution in [2.45, 2.75) is 64.4 Å². The van der Waals surface area contributed by atoms with Gasteiger partial charge in [-0.2, -0.15) is 0 Å². The molecule has 3 heteroatoms. The Balaban J connectivity index is 2.23. The topological polar surface area (TPSA) is 30.5 Å². The van der Waals surface area contributed by atoms with Crippen molar-refractivity contribution in [2.75, 3.05) is 7.05 Å². The third kappa shape index (κ3) is 3.15. The Hall–Kier alpha value is -1.06. The Bertz CT molecular complexity index is 468. The zero-order chi connectivity index (χ0) is 15.0. The van der Waals surface area contributed by atoms with Gasteiger partial charge in [0.25, 0.3) is 0 Å². The van der Waals surface area contributed by atoms with Crippen LogP contribution in [0.25, 0.3) is 0 Å². The van der Waals surface area contributed by atoms with Gasteiger partial charge in [-0.25, -0.2) is 0 Å². The highest BCUT2D eigenvalue weighted by Crippen LogP contribution is 2.40. The standard InChI is InChI=1S/C17H27NO2/c1-12(18-6)13-9-7-8-10-14(13)19-15-11-16(2,3)20-17(15,4)5/h7-10,12,15,18H,11H2,1-6H3. The van der Waals surface area contributed by atoms with Crippen LogP contribution in [0.3, 0.4) is 0 Å². The molecule has 2 rings (SSSR count). The van der Waals surface area contributed by atoms with Crippen LogP contribution in [-0.4, -0.2) is 24.4 Å². The van der Waals surface area contributed by atoms with Gasteiger partial charge in [-0.15, -0.1) is 0 Å². The fourth-order valence-electron chi connectivity index (χ4n) is 2.95. The highest BCUT2D eigenvalue weighted by Gasteiger charge is 2.47. The van der Waals surface area contributed by atoms with Crippen LogP contribution in [0.4, 0.5) is 0 Å². The number of para-hydroxylation sites is 1. The van der Waals surface area contributed by atoms with Crippen molar-refractivity contribution in [3.63, 3.8) is 0 Å². The first kappa shape index (κ1) is 15.3. The zero-order valence-electron chi connectivity index (χ0n) is 13.5. The molecule has 0 radical (unpaired) electrons. The highest BCUT2D eigenvalue weighted by molar-refractivity contribution is 5.36. The van der Waals surface area contributed by atoms with Crippen LogP contribution in [0.1, 0.15) is 52.6 Å². The van der Waals surface area contributed by atoms with E-state index in [-0.39, 0.29) is 23.3 Å². The molecule has 2 atom stereocenters. The maximum Gasteiger partial charge on any atom is 0.130 e. The molecule has 0 amide bonds. The second kappa shape index (κ2) is 5.38. The molecule has 20 heavy (non-hydrogen) atoms. The lowest BCUT2D eigenvalue weighted by molar-refractivity contribution is -0.0847. The molecule has 0 spiro atoms. The molecule has 1 aromatic rings. The Kier molecular flexibility index (Phi) is 4.12. The van der Waals surface area contributed by atoms with E-state index in [1.54, 1.807) is 0 Å². The molecule has 3 nitrogen and oxygen atoms in total. The van der Waals surface area contributed by atoms with Crippen molar-refractivity contribution in [3.8, 4) is 5.75 Å². The quantitative estimate of drug-likeness (QED) is 0.910. The van der Waals surface area contributed by atoms with Crippen molar-refractivity contribution >= 4 is 0 Å². The van der Waals surface area contributed by atoms with E-state index in [2.05, 4.69) is 52.1 Å². The molecule has 1 aliphatic rings. The van der Waals surface area contributed by atoms with Crippen molar-refractivity contribution in [1.82, 2.24) is 5.32 Å². The summed E-state index contributed by atoms with van der Waals surface area (Å²) in [6, 6.07) is 8.50. The minimum absolute atomic E-state index is 0.0720. The average molecular weight is 277 g/mol. The normalized spacial score (nSPS) is 25.4. The monoisotopic (exact) mass is 277 g/mol. The van der Waals surface area contributed by atoms with Gasteiger partial charge in [0, 0.05) is 18.0 Å². The van der Waals surface area contributed by atoms with E-state index in [0.717, 1.165) is 12.2 Å². The Morgan fingerprint density at radius 1 is 1.25 bits per heavy atom. The van der Waals surface area contributed by atoms with Crippen molar-refractivity contribution < 1.29 is 9.47 Å². The van der Waals surface area contributed by atoms with E-state index in [0.29, 0.717) is 0 Å². The molecule has 1 aromatic carbocycles. The van der Waals surface area contributed by atoms with Crippen molar-refractivity contribution in [3.05, 3.63) is 29.8 Å². The third-order valence-electron chi connectivity index (χ3n) is 4.08. The van der Waals surface area contributed by atoms with E-state index in [1.807, 2.05) is 19.2 Å². The van der Waals surface area contributed by atoms with Gasteiger partial charge in [0.15, 0.2) is 0 Å². The number of rotatable bonds is 4. The van der Waals surface area contributed by atoms with E-state index in [9.17, 15) is 0 Å². The smallest absolute Gasteiger partial charge is 0.130 e. The predicted molar refractivity (Wildman–Crippen MR) is 82.2 cm³/mol. The molecule has 0 aliphatic carbocycles. The minimum atomic E-state index is -0.264. The lowest BCUT2D eigenvalue weighted by atomic mass is 9.97. The van der Waals surface area contributed by atoms with Gasteiger partial charge in [0.2, 0.25) is 0 Å². The number of nitrogens with one attached hydrogen (secondary N) is 1. The first-order chi connectivity index (χ1) is 9.25. The lowest BCUT2D eigenvalue weighted by Gasteiger charge is -2.28. The van der Waals surface area contributed by atoms with Gasteiger partial charge in [0.1, 0.15) is 17.5 Å². The summed E-state index contributed by atoms with van der Waals surface area (Å²) in [7, 11) is 1.97. The molecule has 1 saturated heterocycles. The molecule has 1 heterocycles. The molecule has 0 saturated carbocycles. The van der Waals surface area contributed by atoms with Crippen molar-refractivity contribution in [1.29, 1.82) is 0 Å². The first-order valence-corrected chi connectivity index (χ1v) is 7.38. The van der Waals surface area contributed by atoms with Gasteiger partial charge < -0.3 is 14.8 Å². The SMILES string of the molecule is CNC(C)c1ccccc1OC1CC(C)(C)OC1(C)C. The molecule has 2 unspecified atom stereocenters. The van der Waals surface area contributed by atoms with Crippen LogP contribution >= 0.6 is 0 Å². The highest BCUT2D eigenvalue weighted by atomic mass is 16.6. The van der Waals surface area contributed by atoms with E-state index >= 15 is 0 Å². The lowest BCUT2D eigenvalue weighted by Crippen LogP contribution is -2.37. The summed E-state index contributed by atoms with van der Waals surface area (Å²) in [4.78, 5) is 0. The summed E-state index contributed by atoms with van der Waals surface area (Å²) in [5.74, 6) is 0.953. The van der Waals surface area contributed by atoms with Crippen LogP contribution in [0.5, 0.6) is 5.75 Å². The number of hydrogen-bond donors (Lipinski definition) is 1. The third-order valence-corrected chi connectivity index (χ3v) is 4.08. The molecular formula is C17H27NO2. The van der Waals surface area contributed by atoms with Gasteiger partial charge >= 0.3 is 0 Å². The first-order valence-electron chi connectivity index (χ1n) is 7.38. The Morgan fingerprint density at radius 2 is 1.90 bits per heavy atom. The van der Waals surface area contributed by atoms with Crippen LogP contribution in [0.2, 0.25) is 0 Å². The summed E-state index contributed by atoms with van der Waals surface area (Å²) in [6.07, 6.45) is 0.977. The second-order valence-electron chi connectivity index (χ2n) is 6.82. The fraction of sp³-hybridized carbons (Fsp3) is 0.647. The van der Waals surface area contributed by atoms with Crippen LogP contribution in [-0.2, 0) is 4.74 Å². The van der Waals surface area contributed by atoms with E-state index in [4.69, 9.17) is 9.47 Å². The van der Waals surface area contributed by atoms with Crippen LogP contribution in [0.15, 0.2) is 24.3 Å². The Labute approximate surface area is 122 Å². The largest absolute Gasteiger partial charge is 0.487 e. The van der Waals surface area contributed by atoms with Gasteiger partial charge in [-0.3, -0.25) is 0 Å². The van der Waals surface area contributed by atoms with Crippen LogP contribution < -0.4 is 10.1 Å². The van der Waals surface area contributed by atoms with Crippen molar-refractivity contribution in [2.24, 2.45) is 0 Å². The van der Waals surface area contributed by atoms with E-state index < -0.39 is 0 Å². The molecule has 1 fully saturated rings. The summed E-state index contributed by atoms with van der Waals surface area (Å²) < 4.78 is 12.4. The van der Waals surface area contributed by atoms with Gasteiger partial charge in [-0.05, 0) is 47.7 Å². The molecule has 112 valence electrons. The molecule has 1 N–H and O–H groups in total. The maximum atomic E-state index is 6.32. The molecule has 0 bridgehead atoms.